The Hall–Kier alpha value is -2.64. The number of carboxylic acid groups (broad SMARTS) is 1. The van der Waals surface area contributed by atoms with Crippen molar-refractivity contribution in [2.24, 2.45) is 5.92 Å². The van der Waals surface area contributed by atoms with Gasteiger partial charge in [0.25, 0.3) is 5.91 Å². The number of carbonyl (C=O) groups excluding carboxylic acids is 1. The summed E-state index contributed by atoms with van der Waals surface area (Å²) in [7, 11) is 0. The van der Waals surface area contributed by atoms with Gasteiger partial charge in [0.15, 0.2) is 5.75 Å². The normalized spacial score (nSPS) is 20.3. The number of nitro groups is 1. The van der Waals surface area contributed by atoms with Gasteiger partial charge in [0.1, 0.15) is 0 Å². The van der Waals surface area contributed by atoms with E-state index in [0.717, 1.165) is 0 Å². The third-order valence-electron chi connectivity index (χ3n) is 4.04. The number of amides is 1. The van der Waals surface area contributed by atoms with Gasteiger partial charge in [-0.05, 0) is 32.4 Å². The van der Waals surface area contributed by atoms with E-state index in [1.54, 1.807) is 13.8 Å². The molecular weight excluding hydrogens is 304 g/mol. The summed E-state index contributed by atoms with van der Waals surface area (Å²) >= 11 is 0. The second-order valence-corrected chi connectivity index (χ2v) is 5.35. The number of carbonyl (C=O) groups is 2. The highest BCUT2D eigenvalue weighted by Crippen LogP contribution is 2.31. The first-order valence-electron chi connectivity index (χ1n) is 7.31. The molecule has 1 aromatic carbocycles. The number of aliphatic carboxylic acids is 1. The van der Waals surface area contributed by atoms with Gasteiger partial charge in [-0.15, -0.1) is 0 Å². The zero-order valence-corrected chi connectivity index (χ0v) is 12.9. The highest BCUT2D eigenvalue weighted by Gasteiger charge is 2.38. The number of nitrogens with zero attached hydrogens (tertiary/aromatic N) is 2. The fraction of sp³-hybridized carbons (Fsp3) is 0.467. The molecule has 1 heterocycles. The Kier molecular flexibility index (Phi) is 4.83. The monoisotopic (exact) mass is 322 g/mol. The van der Waals surface area contributed by atoms with Crippen LogP contribution in [-0.4, -0.2) is 46.0 Å². The highest BCUT2D eigenvalue weighted by atomic mass is 16.6. The number of likely N-dealkylation sites (tertiary alicyclic amines) is 1. The summed E-state index contributed by atoms with van der Waals surface area (Å²) in [6.07, 6.45) is 0.376. The molecule has 0 saturated carbocycles. The quantitative estimate of drug-likeness (QED) is 0.655. The lowest BCUT2D eigenvalue weighted by Crippen LogP contribution is -2.37. The Balaban J connectivity index is 2.28. The molecule has 1 saturated heterocycles. The van der Waals surface area contributed by atoms with Gasteiger partial charge in [0, 0.05) is 24.2 Å². The van der Waals surface area contributed by atoms with Crippen molar-refractivity contribution in [1.29, 1.82) is 0 Å². The maximum absolute atomic E-state index is 12.5. The van der Waals surface area contributed by atoms with Crippen LogP contribution in [0, 0.1) is 16.0 Å². The average Bonchev–Trinajstić information content (AvgIpc) is 2.89. The van der Waals surface area contributed by atoms with Crippen molar-refractivity contribution < 1.29 is 24.4 Å². The number of benzene rings is 1. The first kappa shape index (κ1) is 16.7. The van der Waals surface area contributed by atoms with Crippen molar-refractivity contribution in [2.45, 2.75) is 26.3 Å². The lowest BCUT2D eigenvalue weighted by atomic mass is 10.0. The summed E-state index contributed by atoms with van der Waals surface area (Å²) < 4.78 is 5.18. The molecule has 0 bridgehead atoms. The van der Waals surface area contributed by atoms with Crippen LogP contribution in [0.3, 0.4) is 0 Å². The maximum atomic E-state index is 12.5. The minimum Gasteiger partial charge on any atom is -0.487 e. The van der Waals surface area contributed by atoms with E-state index < -0.39 is 28.8 Å². The third kappa shape index (κ3) is 3.25. The summed E-state index contributed by atoms with van der Waals surface area (Å²) in [6.45, 7) is 3.98. The van der Waals surface area contributed by atoms with Gasteiger partial charge in [0.05, 0.1) is 17.4 Å². The largest absolute Gasteiger partial charge is 0.487 e. The molecule has 0 aromatic heterocycles. The fourth-order valence-electron chi connectivity index (χ4n) is 2.79. The molecule has 2 unspecified atom stereocenters. The van der Waals surface area contributed by atoms with E-state index in [1.165, 1.54) is 23.1 Å². The van der Waals surface area contributed by atoms with Gasteiger partial charge >= 0.3 is 11.7 Å². The van der Waals surface area contributed by atoms with E-state index in [9.17, 15) is 19.7 Å². The molecule has 1 N–H and O–H groups in total. The van der Waals surface area contributed by atoms with Gasteiger partial charge in [-0.25, -0.2) is 0 Å². The van der Waals surface area contributed by atoms with E-state index in [4.69, 9.17) is 9.84 Å². The number of carboxylic acids is 1. The molecule has 124 valence electrons. The number of hydrogen-bond donors (Lipinski definition) is 1. The van der Waals surface area contributed by atoms with Crippen molar-refractivity contribution in [3.8, 4) is 5.75 Å². The summed E-state index contributed by atoms with van der Waals surface area (Å²) in [4.78, 5) is 35.6. The van der Waals surface area contributed by atoms with Crippen molar-refractivity contribution >= 4 is 17.6 Å². The second kappa shape index (κ2) is 6.64. The van der Waals surface area contributed by atoms with E-state index in [-0.39, 0.29) is 23.6 Å². The van der Waals surface area contributed by atoms with Crippen LogP contribution in [0.15, 0.2) is 18.2 Å². The molecular formula is C15H18N2O6. The summed E-state index contributed by atoms with van der Waals surface area (Å²) in [5.74, 6) is -1.86. The maximum Gasteiger partial charge on any atom is 0.311 e. The Bertz CT molecular complexity index is 645. The molecule has 0 radical (unpaired) electrons. The van der Waals surface area contributed by atoms with Crippen molar-refractivity contribution in [3.63, 3.8) is 0 Å². The van der Waals surface area contributed by atoms with Crippen LogP contribution < -0.4 is 4.74 Å². The van der Waals surface area contributed by atoms with Crippen molar-refractivity contribution in [3.05, 3.63) is 33.9 Å². The summed E-state index contributed by atoms with van der Waals surface area (Å²) in [5, 5.41) is 20.2. The smallest absolute Gasteiger partial charge is 0.311 e. The molecule has 1 amide bonds. The molecule has 2 atom stereocenters. The first-order valence-corrected chi connectivity index (χ1v) is 7.31. The van der Waals surface area contributed by atoms with Crippen molar-refractivity contribution in [2.75, 3.05) is 13.2 Å². The van der Waals surface area contributed by atoms with Crippen LogP contribution in [-0.2, 0) is 4.79 Å². The zero-order chi connectivity index (χ0) is 17.1. The van der Waals surface area contributed by atoms with Crippen LogP contribution in [0.1, 0.15) is 30.6 Å². The van der Waals surface area contributed by atoms with Gasteiger partial charge < -0.3 is 14.7 Å². The predicted molar refractivity (Wildman–Crippen MR) is 80.5 cm³/mol. The van der Waals surface area contributed by atoms with Gasteiger partial charge in [-0.2, -0.15) is 0 Å². The molecule has 1 aliphatic heterocycles. The molecule has 8 nitrogen and oxygen atoms in total. The van der Waals surface area contributed by atoms with Gasteiger partial charge in [-0.1, -0.05) is 0 Å². The first-order chi connectivity index (χ1) is 10.9. The predicted octanol–water partition coefficient (Wildman–Crippen LogP) is 1.93. The van der Waals surface area contributed by atoms with Crippen LogP contribution in [0.4, 0.5) is 5.69 Å². The van der Waals surface area contributed by atoms with E-state index >= 15 is 0 Å². The van der Waals surface area contributed by atoms with Crippen LogP contribution in [0.2, 0.25) is 0 Å². The Labute approximate surface area is 132 Å². The van der Waals surface area contributed by atoms with Crippen LogP contribution in [0.25, 0.3) is 0 Å². The molecule has 0 aliphatic carbocycles. The lowest BCUT2D eigenvalue weighted by molar-refractivity contribution is -0.385. The third-order valence-corrected chi connectivity index (χ3v) is 4.04. The molecule has 1 aliphatic rings. The lowest BCUT2D eigenvalue weighted by Gasteiger charge is -2.23. The number of nitro benzene ring substituents is 1. The molecule has 8 heteroatoms. The van der Waals surface area contributed by atoms with Gasteiger partial charge in [-0.3, -0.25) is 19.7 Å². The highest BCUT2D eigenvalue weighted by molar-refractivity contribution is 5.96. The summed E-state index contributed by atoms with van der Waals surface area (Å²) in [6, 6.07) is 3.57. The minimum absolute atomic E-state index is 0.104. The second-order valence-electron chi connectivity index (χ2n) is 5.35. The molecule has 0 spiro atoms. The molecule has 1 fully saturated rings. The zero-order valence-electron chi connectivity index (χ0n) is 12.9. The van der Waals surface area contributed by atoms with Crippen LogP contribution in [0.5, 0.6) is 5.75 Å². The Morgan fingerprint density at radius 1 is 1.48 bits per heavy atom. The van der Waals surface area contributed by atoms with Crippen molar-refractivity contribution in [1.82, 2.24) is 4.90 Å². The Morgan fingerprint density at radius 2 is 2.17 bits per heavy atom. The molecule has 1 aromatic rings. The fourth-order valence-corrected chi connectivity index (χ4v) is 2.79. The van der Waals surface area contributed by atoms with Gasteiger partial charge in [0.2, 0.25) is 0 Å². The standard InChI is InChI=1S/C15H18N2O6/c1-3-23-13-5-4-10(8-12(13)17(21)22)14(18)16-7-6-11(9(16)2)15(19)20/h4-5,8-9,11H,3,6-7H2,1-2H3,(H,19,20). The molecule has 23 heavy (non-hydrogen) atoms. The van der Waals surface area contributed by atoms with E-state index in [0.29, 0.717) is 13.0 Å². The molecule has 2 rings (SSSR count). The number of rotatable bonds is 5. The number of hydrogen-bond acceptors (Lipinski definition) is 5. The van der Waals surface area contributed by atoms with E-state index in [2.05, 4.69) is 0 Å². The summed E-state index contributed by atoms with van der Waals surface area (Å²) in [5.41, 5.74) is -0.127. The average molecular weight is 322 g/mol. The topological polar surface area (TPSA) is 110 Å². The minimum atomic E-state index is -0.939. The van der Waals surface area contributed by atoms with Crippen LogP contribution >= 0.6 is 0 Å². The SMILES string of the molecule is CCOc1ccc(C(=O)N2CCC(C(=O)O)C2C)cc1[N+](=O)[O-]. The Morgan fingerprint density at radius 3 is 2.70 bits per heavy atom. The number of ether oxygens (including phenoxy) is 1. The van der Waals surface area contributed by atoms with E-state index in [1.807, 2.05) is 0 Å².